The maximum absolute atomic E-state index is 3.43. The van der Waals surface area contributed by atoms with Crippen molar-refractivity contribution in [3.8, 4) is 0 Å². The van der Waals surface area contributed by atoms with Crippen LogP contribution in [-0.4, -0.2) is 7.05 Å². The van der Waals surface area contributed by atoms with Gasteiger partial charge in [-0.3, -0.25) is 0 Å². The van der Waals surface area contributed by atoms with E-state index in [1.54, 1.807) is 0 Å². The number of hydrogen-bond donors (Lipinski definition) is 1. The Bertz CT molecular complexity index is 688. The van der Waals surface area contributed by atoms with E-state index in [1.165, 1.54) is 21.9 Å². The summed E-state index contributed by atoms with van der Waals surface area (Å²) in [5.74, 6) is 0. The molecule has 0 amide bonds. The van der Waals surface area contributed by atoms with Crippen LogP contribution in [0.25, 0.3) is 10.8 Å². The molecule has 0 saturated carbocycles. The summed E-state index contributed by atoms with van der Waals surface area (Å²) in [6, 6.07) is 26.2. The first-order valence-electron chi connectivity index (χ1n) is 7.07. The molecule has 3 aromatic rings. The van der Waals surface area contributed by atoms with Gasteiger partial charge >= 0.3 is 0 Å². The fourth-order valence-electron chi connectivity index (χ4n) is 2.66. The second-order valence-electron chi connectivity index (χ2n) is 5.14. The second kappa shape index (κ2) is 5.89. The van der Waals surface area contributed by atoms with Crippen molar-refractivity contribution in [3.05, 3.63) is 83.9 Å². The summed E-state index contributed by atoms with van der Waals surface area (Å²) >= 11 is 0. The van der Waals surface area contributed by atoms with Crippen LogP contribution >= 0.6 is 0 Å². The first-order valence-corrected chi connectivity index (χ1v) is 7.07. The minimum Gasteiger partial charge on any atom is -0.313 e. The van der Waals surface area contributed by atoms with E-state index in [-0.39, 0.29) is 0 Å². The van der Waals surface area contributed by atoms with Gasteiger partial charge < -0.3 is 5.32 Å². The smallest absolute Gasteiger partial charge is 0.0358 e. The van der Waals surface area contributed by atoms with Gasteiger partial charge in [0.05, 0.1) is 0 Å². The Hall–Kier alpha value is -2.12. The Morgan fingerprint density at radius 2 is 1.50 bits per heavy atom. The van der Waals surface area contributed by atoms with Crippen LogP contribution in [0.1, 0.15) is 17.2 Å². The molecule has 0 aliphatic rings. The highest BCUT2D eigenvalue weighted by Crippen LogP contribution is 2.23. The predicted molar refractivity (Wildman–Crippen MR) is 85.9 cm³/mol. The molecular formula is C19H19N. The molecule has 3 aromatic carbocycles. The van der Waals surface area contributed by atoms with E-state index < -0.39 is 0 Å². The lowest BCUT2D eigenvalue weighted by atomic mass is 9.97. The fraction of sp³-hybridized carbons (Fsp3) is 0.158. The quantitative estimate of drug-likeness (QED) is 0.736. The van der Waals surface area contributed by atoms with Crippen molar-refractivity contribution in [1.29, 1.82) is 0 Å². The van der Waals surface area contributed by atoms with Gasteiger partial charge in [0, 0.05) is 6.04 Å². The first-order chi connectivity index (χ1) is 9.86. The first kappa shape index (κ1) is 12.9. The molecule has 1 N–H and O–H groups in total. The Balaban J connectivity index is 1.91. The van der Waals surface area contributed by atoms with Gasteiger partial charge in [-0.15, -0.1) is 0 Å². The van der Waals surface area contributed by atoms with Gasteiger partial charge in [0.25, 0.3) is 0 Å². The van der Waals surface area contributed by atoms with Crippen molar-refractivity contribution in [2.75, 3.05) is 7.05 Å². The van der Waals surface area contributed by atoms with Crippen LogP contribution in [0.2, 0.25) is 0 Å². The van der Waals surface area contributed by atoms with Gasteiger partial charge in [-0.05, 0) is 41.4 Å². The molecule has 1 heteroatoms. The topological polar surface area (TPSA) is 12.0 Å². The van der Waals surface area contributed by atoms with Crippen LogP contribution in [-0.2, 0) is 6.42 Å². The maximum atomic E-state index is 3.43. The summed E-state index contributed by atoms with van der Waals surface area (Å²) in [6.07, 6.45) is 1.01. The zero-order valence-corrected chi connectivity index (χ0v) is 11.7. The Morgan fingerprint density at radius 1 is 0.800 bits per heavy atom. The second-order valence-corrected chi connectivity index (χ2v) is 5.14. The molecule has 0 radical (unpaired) electrons. The number of rotatable bonds is 4. The Morgan fingerprint density at radius 3 is 2.25 bits per heavy atom. The van der Waals surface area contributed by atoms with Crippen LogP contribution in [0.15, 0.2) is 72.8 Å². The Labute approximate surface area is 120 Å². The molecule has 0 aliphatic heterocycles. The molecule has 0 bridgehead atoms. The molecule has 1 atom stereocenters. The maximum Gasteiger partial charge on any atom is 0.0358 e. The largest absolute Gasteiger partial charge is 0.313 e. The summed E-state index contributed by atoms with van der Waals surface area (Å²) in [4.78, 5) is 0. The summed E-state index contributed by atoms with van der Waals surface area (Å²) in [5, 5.41) is 6.03. The van der Waals surface area contributed by atoms with E-state index in [1.807, 2.05) is 7.05 Å². The van der Waals surface area contributed by atoms with Crippen molar-refractivity contribution >= 4 is 10.8 Å². The van der Waals surface area contributed by atoms with E-state index in [0.29, 0.717) is 6.04 Å². The summed E-state index contributed by atoms with van der Waals surface area (Å²) in [7, 11) is 2.03. The van der Waals surface area contributed by atoms with Crippen molar-refractivity contribution in [2.45, 2.75) is 12.5 Å². The summed E-state index contributed by atoms with van der Waals surface area (Å²) < 4.78 is 0. The molecule has 0 spiro atoms. The van der Waals surface area contributed by atoms with E-state index in [4.69, 9.17) is 0 Å². The number of nitrogens with one attached hydrogen (secondary N) is 1. The number of likely N-dealkylation sites (N-methyl/N-ethyl adjacent to an activating group) is 1. The molecular weight excluding hydrogens is 242 g/mol. The number of benzene rings is 3. The van der Waals surface area contributed by atoms with E-state index >= 15 is 0 Å². The van der Waals surface area contributed by atoms with Gasteiger partial charge in [0.2, 0.25) is 0 Å². The van der Waals surface area contributed by atoms with Crippen molar-refractivity contribution in [2.24, 2.45) is 0 Å². The van der Waals surface area contributed by atoms with E-state index in [2.05, 4.69) is 78.1 Å². The van der Waals surface area contributed by atoms with Gasteiger partial charge in [-0.1, -0.05) is 66.7 Å². The molecule has 0 heterocycles. The summed E-state index contributed by atoms with van der Waals surface area (Å²) in [6.45, 7) is 0. The van der Waals surface area contributed by atoms with Gasteiger partial charge in [-0.25, -0.2) is 0 Å². The van der Waals surface area contributed by atoms with Crippen LogP contribution in [0.5, 0.6) is 0 Å². The van der Waals surface area contributed by atoms with Crippen molar-refractivity contribution < 1.29 is 0 Å². The van der Waals surface area contributed by atoms with Crippen LogP contribution in [0.3, 0.4) is 0 Å². The molecule has 1 nitrogen and oxygen atoms in total. The van der Waals surface area contributed by atoms with E-state index in [0.717, 1.165) is 6.42 Å². The zero-order chi connectivity index (χ0) is 13.8. The molecule has 0 saturated heterocycles. The monoisotopic (exact) mass is 261 g/mol. The van der Waals surface area contributed by atoms with Crippen LogP contribution in [0, 0.1) is 0 Å². The third-order valence-electron chi connectivity index (χ3n) is 3.81. The lowest BCUT2D eigenvalue weighted by molar-refractivity contribution is 0.593. The Kier molecular flexibility index (Phi) is 3.80. The molecule has 3 rings (SSSR count). The molecule has 100 valence electrons. The summed E-state index contributed by atoms with van der Waals surface area (Å²) in [5.41, 5.74) is 2.70. The average molecular weight is 261 g/mol. The predicted octanol–water partition coefficient (Wildman–Crippen LogP) is 4.34. The zero-order valence-electron chi connectivity index (χ0n) is 11.7. The highest BCUT2D eigenvalue weighted by Gasteiger charge is 2.10. The minimum atomic E-state index is 0.349. The third-order valence-corrected chi connectivity index (χ3v) is 3.81. The minimum absolute atomic E-state index is 0.349. The average Bonchev–Trinajstić information content (AvgIpc) is 2.53. The SMILES string of the molecule is CNC(Cc1ccccc1)c1ccc2ccccc2c1. The van der Waals surface area contributed by atoms with E-state index in [9.17, 15) is 0 Å². The van der Waals surface area contributed by atoms with Crippen molar-refractivity contribution in [3.63, 3.8) is 0 Å². The number of hydrogen-bond acceptors (Lipinski definition) is 1. The molecule has 0 aromatic heterocycles. The highest BCUT2D eigenvalue weighted by molar-refractivity contribution is 5.83. The van der Waals surface area contributed by atoms with Gasteiger partial charge in [0.15, 0.2) is 0 Å². The van der Waals surface area contributed by atoms with Crippen molar-refractivity contribution in [1.82, 2.24) is 5.32 Å². The van der Waals surface area contributed by atoms with Gasteiger partial charge in [-0.2, -0.15) is 0 Å². The molecule has 0 fully saturated rings. The third kappa shape index (κ3) is 2.73. The highest BCUT2D eigenvalue weighted by atomic mass is 14.9. The van der Waals surface area contributed by atoms with Crippen LogP contribution in [0.4, 0.5) is 0 Å². The normalized spacial score (nSPS) is 12.4. The van der Waals surface area contributed by atoms with Crippen LogP contribution < -0.4 is 5.32 Å². The van der Waals surface area contributed by atoms with Gasteiger partial charge in [0.1, 0.15) is 0 Å². The number of fused-ring (bicyclic) bond motifs is 1. The standard InChI is InChI=1S/C19H19N/c1-20-19(13-15-7-3-2-4-8-15)18-12-11-16-9-5-6-10-17(16)14-18/h2-12,14,19-20H,13H2,1H3. The lowest BCUT2D eigenvalue weighted by Gasteiger charge is -2.17. The molecule has 0 aliphatic carbocycles. The fourth-order valence-corrected chi connectivity index (χ4v) is 2.66. The molecule has 1 unspecified atom stereocenters. The molecule has 20 heavy (non-hydrogen) atoms. The lowest BCUT2D eigenvalue weighted by Crippen LogP contribution is -2.18.